The van der Waals surface area contributed by atoms with E-state index in [9.17, 15) is 9.59 Å². The van der Waals surface area contributed by atoms with Gasteiger partial charge in [-0.2, -0.15) is 0 Å². The summed E-state index contributed by atoms with van der Waals surface area (Å²) in [6.45, 7) is 3.38. The number of amides is 1. The Kier molecular flexibility index (Phi) is 5.80. The van der Waals surface area contributed by atoms with Gasteiger partial charge in [0.25, 0.3) is 0 Å². The fraction of sp³-hybridized carbons (Fsp3) is 0.385. The Morgan fingerprint density at radius 3 is 2.40 bits per heavy atom. The van der Waals surface area contributed by atoms with Crippen LogP contribution in [0.15, 0.2) is 18.2 Å². The topological polar surface area (TPSA) is 78.4 Å². The second-order valence-corrected chi connectivity index (χ2v) is 5.59. The molecule has 0 saturated carbocycles. The number of hydrogen-bond acceptors (Lipinski definition) is 3. The first-order chi connectivity index (χ1) is 9.22. The third kappa shape index (κ3) is 5.00. The molecule has 7 heteroatoms. The second kappa shape index (κ2) is 6.92. The van der Waals surface area contributed by atoms with Crippen LogP contribution in [0.1, 0.15) is 19.4 Å². The van der Waals surface area contributed by atoms with Crippen LogP contribution in [0.4, 0.5) is 0 Å². The molecule has 0 atom stereocenters. The second-order valence-electron chi connectivity index (χ2n) is 4.78. The van der Waals surface area contributed by atoms with Gasteiger partial charge < -0.3 is 10.4 Å². The minimum Gasteiger partial charge on any atom is -0.480 e. The molecule has 1 rings (SSSR count). The summed E-state index contributed by atoms with van der Waals surface area (Å²) in [6, 6.07) is 5.23. The van der Waals surface area contributed by atoms with E-state index in [2.05, 4.69) is 10.6 Å². The molecular formula is C13H16Cl2N2O3. The van der Waals surface area contributed by atoms with Crippen LogP contribution < -0.4 is 10.6 Å². The number of rotatable bonds is 6. The molecule has 0 unspecified atom stereocenters. The van der Waals surface area contributed by atoms with Crippen LogP contribution in [-0.2, 0) is 15.1 Å². The van der Waals surface area contributed by atoms with Crippen molar-refractivity contribution >= 4 is 35.1 Å². The third-order valence-electron chi connectivity index (χ3n) is 2.77. The van der Waals surface area contributed by atoms with Crippen LogP contribution in [0.25, 0.3) is 0 Å². The molecule has 0 radical (unpaired) electrons. The number of hydrogen-bond donors (Lipinski definition) is 3. The van der Waals surface area contributed by atoms with Gasteiger partial charge in [-0.3, -0.25) is 14.9 Å². The van der Waals surface area contributed by atoms with E-state index in [1.165, 1.54) is 0 Å². The molecule has 3 N–H and O–H groups in total. The molecule has 0 aromatic heterocycles. The van der Waals surface area contributed by atoms with Gasteiger partial charge in [0.2, 0.25) is 5.91 Å². The van der Waals surface area contributed by atoms with Crippen molar-refractivity contribution in [3.05, 3.63) is 33.8 Å². The zero-order valence-electron chi connectivity index (χ0n) is 11.2. The lowest BCUT2D eigenvalue weighted by molar-refractivity contribution is -0.137. The van der Waals surface area contributed by atoms with Crippen LogP contribution in [0.5, 0.6) is 0 Å². The average Bonchev–Trinajstić information content (AvgIpc) is 2.37. The molecule has 1 aromatic rings. The Morgan fingerprint density at radius 2 is 1.85 bits per heavy atom. The molecule has 0 fully saturated rings. The van der Waals surface area contributed by atoms with Crippen LogP contribution >= 0.6 is 23.2 Å². The van der Waals surface area contributed by atoms with Crippen molar-refractivity contribution in [3.8, 4) is 0 Å². The summed E-state index contributed by atoms with van der Waals surface area (Å²) < 4.78 is 0. The van der Waals surface area contributed by atoms with Gasteiger partial charge in [0.1, 0.15) is 6.54 Å². The number of carboxylic acid groups (broad SMARTS) is 1. The van der Waals surface area contributed by atoms with Crippen LogP contribution in [0, 0.1) is 0 Å². The summed E-state index contributed by atoms with van der Waals surface area (Å²) in [5, 5.41) is 14.7. The minimum atomic E-state index is -1.08. The van der Waals surface area contributed by atoms with Crippen molar-refractivity contribution in [2.45, 2.75) is 19.4 Å². The van der Waals surface area contributed by atoms with Gasteiger partial charge in [-0.05, 0) is 31.5 Å². The standard InChI is InChI=1S/C13H16Cl2N2O3/c1-13(2,8-3-4-9(14)10(15)5-8)17-6-11(18)16-7-12(19)20/h3-5,17H,6-7H2,1-2H3,(H,16,18)(H,19,20). The zero-order chi connectivity index (χ0) is 15.3. The smallest absolute Gasteiger partial charge is 0.322 e. The zero-order valence-corrected chi connectivity index (χ0v) is 12.7. The van der Waals surface area contributed by atoms with Gasteiger partial charge in [-0.15, -0.1) is 0 Å². The highest BCUT2D eigenvalue weighted by Gasteiger charge is 2.21. The number of carbonyl (C=O) groups excluding carboxylic acids is 1. The molecule has 0 spiro atoms. The SMILES string of the molecule is CC(C)(NCC(=O)NCC(=O)O)c1ccc(Cl)c(Cl)c1. The minimum absolute atomic E-state index is 0.000521. The Hall–Kier alpha value is -1.30. The molecule has 0 aliphatic rings. The lowest BCUT2D eigenvalue weighted by Gasteiger charge is -2.27. The number of halogens is 2. The Morgan fingerprint density at radius 1 is 1.20 bits per heavy atom. The number of aliphatic carboxylic acids is 1. The highest BCUT2D eigenvalue weighted by Crippen LogP contribution is 2.28. The normalized spacial score (nSPS) is 11.2. The summed E-state index contributed by atoms with van der Waals surface area (Å²) in [4.78, 5) is 21.8. The van der Waals surface area contributed by atoms with E-state index in [0.29, 0.717) is 10.0 Å². The molecule has 1 aromatic carbocycles. The van der Waals surface area contributed by atoms with Gasteiger partial charge in [0, 0.05) is 5.54 Å². The lowest BCUT2D eigenvalue weighted by atomic mass is 9.94. The predicted molar refractivity (Wildman–Crippen MR) is 78.1 cm³/mol. The molecule has 0 heterocycles. The van der Waals surface area contributed by atoms with Crippen LogP contribution in [0.3, 0.4) is 0 Å². The number of carbonyl (C=O) groups is 2. The molecule has 5 nitrogen and oxygen atoms in total. The van der Waals surface area contributed by atoms with E-state index in [-0.39, 0.29) is 12.5 Å². The molecule has 0 saturated heterocycles. The van der Waals surface area contributed by atoms with E-state index >= 15 is 0 Å². The Labute approximate surface area is 127 Å². The molecule has 110 valence electrons. The monoisotopic (exact) mass is 318 g/mol. The fourth-order valence-electron chi connectivity index (χ4n) is 1.52. The molecule has 20 heavy (non-hydrogen) atoms. The quantitative estimate of drug-likeness (QED) is 0.749. The van der Waals surface area contributed by atoms with Gasteiger partial charge >= 0.3 is 5.97 Å². The van der Waals surface area contributed by atoms with Gasteiger partial charge in [0.15, 0.2) is 0 Å². The van der Waals surface area contributed by atoms with E-state index in [4.69, 9.17) is 28.3 Å². The average molecular weight is 319 g/mol. The molecule has 0 aliphatic heterocycles. The van der Waals surface area contributed by atoms with Crippen molar-refractivity contribution < 1.29 is 14.7 Å². The van der Waals surface area contributed by atoms with Crippen molar-refractivity contribution in [2.24, 2.45) is 0 Å². The first-order valence-corrected chi connectivity index (χ1v) is 6.67. The van der Waals surface area contributed by atoms with Crippen LogP contribution in [-0.4, -0.2) is 30.1 Å². The summed E-state index contributed by atoms with van der Waals surface area (Å²) in [5.74, 6) is -1.47. The van der Waals surface area contributed by atoms with Crippen molar-refractivity contribution in [1.82, 2.24) is 10.6 Å². The lowest BCUT2D eigenvalue weighted by Crippen LogP contribution is -2.44. The van der Waals surface area contributed by atoms with Gasteiger partial charge in [-0.25, -0.2) is 0 Å². The maximum Gasteiger partial charge on any atom is 0.322 e. The predicted octanol–water partition coefficient (Wildman–Crippen LogP) is 2.02. The fourth-order valence-corrected chi connectivity index (χ4v) is 1.82. The molecule has 0 bridgehead atoms. The van der Waals surface area contributed by atoms with E-state index in [0.717, 1.165) is 5.56 Å². The maximum atomic E-state index is 11.5. The Balaban J connectivity index is 2.62. The summed E-state index contributed by atoms with van der Waals surface area (Å²) >= 11 is 11.8. The Bertz CT molecular complexity index is 518. The van der Waals surface area contributed by atoms with Crippen molar-refractivity contribution in [1.29, 1.82) is 0 Å². The van der Waals surface area contributed by atoms with Crippen LogP contribution in [0.2, 0.25) is 10.0 Å². The van der Waals surface area contributed by atoms with Gasteiger partial charge in [-0.1, -0.05) is 29.3 Å². The number of nitrogens with one attached hydrogen (secondary N) is 2. The largest absolute Gasteiger partial charge is 0.480 e. The maximum absolute atomic E-state index is 11.5. The summed E-state index contributed by atoms with van der Waals surface area (Å²) in [5.41, 5.74) is 0.368. The number of benzene rings is 1. The van der Waals surface area contributed by atoms with Crippen molar-refractivity contribution in [2.75, 3.05) is 13.1 Å². The first kappa shape index (κ1) is 16.8. The first-order valence-electron chi connectivity index (χ1n) is 5.91. The van der Waals surface area contributed by atoms with Crippen molar-refractivity contribution in [3.63, 3.8) is 0 Å². The summed E-state index contributed by atoms with van der Waals surface area (Å²) in [7, 11) is 0. The highest BCUT2D eigenvalue weighted by atomic mass is 35.5. The summed E-state index contributed by atoms with van der Waals surface area (Å²) in [6.07, 6.45) is 0. The van der Waals surface area contributed by atoms with E-state index in [1.54, 1.807) is 12.1 Å². The van der Waals surface area contributed by atoms with E-state index in [1.807, 2.05) is 19.9 Å². The third-order valence-corrected chi connectivity index (χ3v) is 3.51. The molecule has 1 amide bonds. The number of carboxylic acids is 1. The molecule has 0 aliphatic carbocycles. The van der Waals surface area contributed by atoms with E-state index < -0.39 is 18.1 Å². The van der Waals surface area contributed by atoms with Gasteiger partial charge in [0.05, 0.1) is 16.6 Å². The molecular weight excluding hydrogens is 303 g/mol. The highest BCUT2D eigenvalue weighted by molar-refractivity contribution is 6.42.